The summed E-state index contributed by atoms with van der Waals surface area (Å²) < 4.78 is 0. The summed E-state index contributed by atoms with van der Waals surface area (Å²) in [6, 6.07) is 2.16. The number of hydrogen-bond donors (Lipinski definition) is 1. The minimum Gasteiger partial charge on any atom is -0.337 e. The van der Waals surface area contributed by atoms with E-state index in [1.165, 1.54) is 19.0 Å². The van der Waals surface area contributed by atoms with Crippen LogP contribution in [0.5, 0.6) is 0 Å². The van der Waals surface area contributed by atoms with Gasteiger partial charge in [0.2, 0.25) is 0 Å². The van der Waals surface area contributed by atoms with Crippen molar-refractivity contribution in [2.75, 3.05) is 19.6 Å². The van der Waals surface area contributed by atoms with E-state index in [9.17, 15) is 4.79 Å². The smallest absolute Gasteiger partial charge is 0.255 e. The zero-order valence-corrected chi connectivity index (χ0v) is 10.9. The molecule has 0 aromatic carbocycles. The number of pyridine rings is 1. The van der Waals surface area contributed by atoms with Crippen LogP contribution >= 0.6 is 11.6 Å². The van der Waals surface area contributed by atoms with Crippen LogP contribution in [0.3, 0.4) is 0 Å². The van der Waals surface area contributed by atoms with Gasteiger partial charge in [-0.3, -0.25) is 9.78 Å². The van der Waals surface area contributed by atoms with Crippen LogP contribution in [-0.4, -0.2) is 41.5 Å². The summed E-state index contributed by atoms with van der Waals surface area (Å²) in [6.07, 6.45) is 5.56. The van der Waals surface area contributed by atoms with Crippen molar-refractivity contribution in [1.82, 2.24) is 15.2 Å². The molecule has 2 fully saturated rings. The molecule has 4 nitrogen and oxygen atoms in total. The molecule has 0 bridgehead atoms. The first kappa shape index (κ1) is 11.9. The Hall–Kier alpha value is -1.13. The lowest BCUT2D eigenvalue weighted by molar-refractivity contribution is 0.0785. The van der Waals surface area contributed by atoms with E-state index in [-0.39, 0.29) is 5.91 Å². The molecule has 0 unspecified atom stereocenters. The third kappa shape index (κ3) is 2.10. The van der Waals surface area contributed by atoms with Crippen LogP contribution in [0, 0.1) is 5.92 Å². The largest absolute Gasteiger partial charge is 0.337 e. The van der Waals surface area contributed by atoms with E-state index in [0.29, 0.717) is 22.5 Å². The number of fused-ring (bicyclic) bond motifs is 1. The summed E-state index contributed by atoms with van der Waals surface area (Å²) >= 11 is 6.02. The van der Waals surface area contributed by atoms with Crippen molar-refractivity contribution in [2.45, 2.75) is 18.9 Å². The van der Waals surface area contributed by atoms with Crippen molar-refractivity contribution in [3.8, 4) is 0 Å². The van der Waals surface area contributed by atoms with Gasteiger partial charge in [0.25, 0.3) is 5.91 Å². The van der Waals surface area contributed by atoms with Crippen LogP contribution < -0.4 is 5.32 Å². The maximum absolute atomic E-state index is 12.4. The van der Waals surface area contributed by atoms with Gasteiger partial charge >= 0.3 is 0 Å². The van der Waals surface area contributed by atoms with Crippen molar-refractivity contribution in [3.05, 3.63) is 29.0 Å². The third-order valence-corrected chi connectivity index (χ3v) is 4.19. The van der Waals surface area contributed by atoms with Gasteiger partial charge in [-0.25, -0.2) is 0 Å². The summed E-state index contributed by atoms with van der Waals surface area (Å²) in [6.45, 7) is 2.70. The number of aromatic nitrogens is 1. The van der Waals surface area contributed by atoms with E-state index in [1.54, 1.807) is 12.3 Å². The van der Waals surface area contributed by atoms with E-state index >= 15 is 0 Å². The lowest BCUT2D eigenvalue weighted by atomic mass is 9.94. The number of carbonyl (C=O) groups excluding carboxylic acids is 1. The first-order chi connectivity index (χ1) is 8.75. The number of amides is 1. The lowest BCUT2D eigenvalue weighted by Gasteiger charge is -2.24. The molecule has 18 heavy (non-hydrogen) atoms. The first-order valence-electron chi connectivity index (χ1n) is 6.38. The van der Waals surface area contributed by atoms with E-state index in [2.05, 4.69) is 10.3 Å². The van der Waals surface area contributed by atoms with Gasteiger partial charge < -0.3 is 10.2 Å². The highest BCUT2D eigenvalue weighted by Crippen LogP contribution is 2.27. The molecular weight excluding hydrogens is 250 g/mol. The van der Waals surface area contributed by atoms with E-state index in [0.717, 1.165) is 19.6 Å². The monoisotopic (exact) mass is 265 g/mol. The molecule has 1 N–H and O–H groups in total. The second-order valence-corrected chi connectivity index (χ2v) is 5.44. The zero-order chi connectivity index (χ0) is 12.5. The van der Waals surface area contributed by atoms with Crippen molar-refractivity contribution < 1.29 is 4.79 Å². The van der Waals surface area contributed by atoms with Crippen molar-refractivity contribution in [2.24, 2.45) is 5.92 Å². The third-order valence-electron chi connectivity index (χ3n) is 3.89. The van der Waals surface area contributed by atoms with Gasteiger partial charge in [0.15, 0.2) is 0 Å². The van der Waals surface area contributed by atoms with Gasteiger partial charge in [0.05, 0.1) is 10.6 Å². The molecule has 2 aliphatic heterocycles. The van der Waals surface area contributed by atoms with Crippen molar-refractivity contribution in [3.63, 3.8) is 0 Å². The number of hydrogen-bond acceptors (Lipinski definition) is 3. The Labute approximate surface area is 111 Å². The summed E-state index contributed by atoms with van der Waals surface area (Å²) in [7, 11) is 0. The van der Waals surface area contributed by atoms with Gasteiger partial charge in [0.1, 0.15) is 0 Å². The molecule has 0 aliphatic carbocycles. The molecule has 3 heterocycles. The molecule has 2 saturated heterocycles. The number of rotatable bonds is 1. The molecule has 1 aromatic rings. The number of nitrogens with one attached hydrogen (secondary N) is 1. The molecule has 2 atom stereocenters. The number of nitrogens with zero attached hydrogens (tertiary/aromatic N) is 2. The second-order valence-electron chi connectivity index (χ2n) is 5.03. The van der Waals surface area contributed by atoms with Gasteiger partial charge in [0, 0.05) is 31.5 Å². The maximum atomic E-state index is 12.4. The highest BCUT2D eigenvalue weighted by molar-refractivity contribution is 6.33. The Bertz CT molecular complexity index is 451. The normalized spacial score (nSPS) is 27.1. The lowest BCUT2D eigenvalue weighted by Crippen LogP contribution is -2.41. The highest BCUT2D eigenvalue weighted by atomic mass is 35.5. The molecule has 96 valence electrons. The maximum Gasteiger partial charge on any atom is 0.255 e. The Morgan fingerprint density at radius 1 is 1.50 bits per heavy atom. The van der Waals surface area contributed by atoms with Crippen LogP contribution in [-0.2, 0) is 0 Å². The van der Waals surface area contributed by atoms with Gasteiger partial charge in [-0.2, -0.15) is 0 Å². The number of likely N-dealkylation sites (tertiary alicyclic amines) is 1. The van der Waals surface area contributed by atoms with Crippen LogP contribution in [0.1, 0.15) is 23.2 Å². The second kappa shape index (κ2) is 4.86. The molecule has 0 saturated carbocycles. The molecule has 1 amide bonds. The van der Waals surface area contributed by atoms with Crippen molar-refractivity contribution >= 4 is 17.5 Å². The van der Waals surface area contributed by atoms with Crippen molar-refractivity contribution in [1.29, 1.82) is 0 Å². The van der Waals surface area contributed by atoms with E-state index in [1.807, 2.05) is 4.90 Å². The average molecular weight is 266 g/mol. The average Bonchev–Trinajstić information content (AvgIpc) is 2.82. The minimum absolute atomic E-state index is 0.0265. The topological polar surface area (TPSA) is 45.2 Å². The quantitative estimate of drug-likeness (QED) is 0.838. The standard InChI is InChI=1S/C13H16ClN3O/c14-11-6-15-5-3-10(11)13(18)17-7-9-2-1-4-16-12(9)8-17/h3,5-6,9,12,16H,1-2,4,7-8H2/t9-,12+/m0/s1. The fourth-order valence-corrected chi connectivity index (χ4v) is 3.13. The highest BCUT2D eigenvalue weighted by Gasteiger charge is 2.36. The SMILES string of the molecule is O=C(c1ccncc1Cl)N1C[C@@H]2CCCN[C@@H]2C1. The molecule has 1 aromatic heterocycles. The van der Waals surface area contributed by atoms with Crippen LogP contribution in [0.15, 0.2) is 18.5 Å². The van der Waals surface area contributed by atoms with E-state index < -0.39 is 0 Å². The van der Waals surface area contributed by atoms with Gasteiger partial charge in [-0.05, 0) is 31.4 Å². The molecule has 0 radical (unpaired) electrons. The number of halogens is 1. The molecule has 2 aliphatic rings. The predicted molar refractivity (Wildman–Crippen MR) is 69.7 cm³/mol. The Morgan fingerprint density at radius 3 is 3.17 bits per heavy atom. The van der Waals surface area contributed by atoms with Crippen LogP contribution in [0.2, 0.25) is 5.02 Å². The molecule has 5 heteroatoms. The Balaban J connectivity index is 1.76. The minimum atomic E-state index is 0.0265. The fourth-order valence-electron chi connectivity index (χ4n) is 2.93. The zero-order valence-electron chi connectivity index (χ0n) is 10.1. The Kier molecular flexibility index (Phi) is 3.22. The van der Waals surface area contributed by atoms with Crippen LogP contribution in [0.25, 0.3) is 0 Å². The Morgan fingerprint density at radius 2 is 2.39 bits per heavy atom. The van der Waals surface area contributed by atoms with Gasteiger partial charge in [-0.1, -0.05) is 11.6 Å². The summed E-state index contributed by atoms with van der Waals surface area (Å²) in [4.78, 5) is 18.2. The molecule has 0 spiro atoms. The van der Waals surface area contributed by atoms with Gasteiger partial charge in [-0.15, -0.1) is 0 Å². The first-order valence-corrected chi connectivity index (χ1v) is 6.75. The predicted octanol–water partition coefficient (Wildman–Crippen LogP) is 1.56. The fraction of sp³-hybridized carbons (Fsp3) is 0.538. The molecule has 3 rings (SSSR count). The number of piperidine rings is 1. The summed E-state index contributed by atoms with van der Waals surface area (Å²) in [5.41, 5.74) is 0.560. The summed E-state index contributed by atoms with van der Waals surface area (Å²) in [5.74, 6) is 0.627. The van der Waals surface area contributed by atoms with Crippen LogP contribution in [0.4, 0.5) is 0 Å². The number of carbonyl (C=O) groups is 1. The molecular formula is C13H16ClN3O. The summed E-state index contributed by atoms with van der Waals surface area (Å²) in [5, 5.41) is 3.93. The van der Waals surface area contributed by atoms with E-state index in [4.69, 9.17) is 11.6 Å².